The number of amides is 1. The summed E-state index contributed by atoms with van der Waals surface area (Å²) in [5, 5.41) is 14.8. The number of ether oxygens (including phenoxy) is 1. The number of hydrogen-bond donors (Lipinski definition) is 2. The Morgan fingerprint density at radius 2 is 2.00 bits per heavy atom. The molecule has 4 rings (SSSR count). The molecule has 1 aromatic carbocycles. The van der Waals surface area contributed by atoms with E-state index in [1.165, 1.54) is 6.33 Å². The lowest BCUT2D eigenvalue weighted by Crippen LogP contribution is -2.27. The highest BCUT2D eigenvalue weighted by atomic mass is 16.5. The summed E-state index contributed by atoms with van der Waals surface area (Å²) in [5.41, 5.74) is 2.89. The van der Waals surface area contributed by atoms with Gasteiger partial charge in [0.15, 0.2) is 11.6 Å². The molecule has 10 nitrogen and oxygen atoms in total. The van der Waals surface area contributed by atoms with Crippen LogP contribution in [0.2, 0.25) is 0 Å². The SMILES string of the molecule is COc1cnccc1[C@H](C)NC(=O)c1cccc(NCc2nnc(-c3ccncn3)n2C)c1. The third-order valence-electron chi connectivity index (χ3n) is 5.20. The van der Waals surface area contributed by atoms with Crippen LogP contribution < -0.4 is 15.4 Å². The van der Waals surface area contributed by atoms with Crippen LogP contribution in [0.4, 0.5) is 5.69 Å². The number of methoxy groups -OCH3 is 1. The Morgan fingerprint density at radius 1 is 1.15 bits per heavy atom. The van der Waals surface area contributed by atoms with Crippen molar-refractivity contribution in [1.29, 1.82) is 0 Å². The number of nitrogens with zero attached hydrogens (tertiary/aromatic N) is 6. The Bertz CT molecular complexity index is 1240. The molecule has 0 bridgehead atoms. The zero-order valence-electron chi connectivity index (χ0n) is 18.6. The summed E-state index contributed by atoms with van der Waals surface area (Å²) < 4.78 is 7.21. The molecule has 0 radical (unpaired) electrons. The van der Waals surface area contributed by atoms with Crippen molar-refractivity contribution >= 4 is 11.6 Å². The van der Waals surface area contributed by atoms with Crippen LogP contribution in [0.15, 0.2) is 61.3 Å². The first-order valence-corrected chi connectivity index (χ1v) is 10.3. The zero-order chi connectivity index (χ0) is 23.2. The lowest BCUT2D eigenvalue weighted by atomic mass is 10.1. The van der Waals surface area contributed by atoms with Gasteiger partial charge in [-0.15, -0.1) is 10.2 Å². The molecule has 33 heavy (non-hydrogen) atoms. The number of pyridine rings is 1. The van der Waals surface area contributed by atoms with E-state index in [0.29, 0.717) is 29.4 Å². The van der Waals surface area contributed by atoms with Crippen molar-refractivity contribution < 1.29 is 9.53 Å². The minimum absolute atomic E-state index is 0.185. The average Bonchev–Trinajstić information content (AvgIpc) is 3.23. The Hall–Kier alpha value is -4.34. The molecule has 0 aliphatic rings. The molecule has 1 atom stereocenters. The van der Waals surface area contributed by atoms with Crippen molar-refractivity contribution in [2.24, 2.45) is 7.05 Å². The van der Waals surface area contributed by atoms with E-state index >= 15 is 0 Å². The van der Waals surface area contributed by atoms with Gasteiger partial charge in [0.05, 0.1) is 25.9 Å². The van der Waals surface area contributed by atoms with E-state index in [1.54, 1.807) is 43.9 Å². The highest BCUT2D eigenvalue weighted by Crippen LogP contribution is 2.24. The Morgan fingerprint density at radius 3 is 2.79 bits per heavy atom. The molecular weight excluding hydrogens is 420 g/mol. The Kier molecular flexibility index (Phi) is 6.53. The van der Waals surface area contributed by atoms with Crippen molar-refractivity contribution in [3.05, 3.63) is 78.3 Å². The second kappa shape index (κ2) is 9.86. The molecule has 10 heteroatoms. The van der Waals surface area contributed by atoms with Crippen molar-refractivity contribution in [2.75, 3.05) is 12.4 Å². The van der Waals surface area contributed by atoms with Crippen LogP contribution >= 0.6 is 0 Å². The van der Waals surface area contributed by atoms with Gasteiger partial charge in [-0.25, -0.2) is 9.97 Å². The maximum Gasteiger partial charge on any atom is 0.251 e. The number of aromatic nitrogens is 6. The molecule has 2 N–H and O–H groups in total. The molecule has 0 saturated carbocycles. The number of benzene rings is 1. The quantitative estimate of drug-likeness (QED) is 0.426. The van der Waals surface area contributed by atoms with Crippen LogP contribution in [0.5, 0.6) is 5.75 Å². The lowest BCUT2D eigenvalue weighted by Gasteiger charge is -2.17. The van der Waals surface area contributed by atoms with Crippen LogP contribution in [-0.2, 0) is 13.6 Å². The van der Waals surface area contributed by atoms with Gasteiger partial charge in [0, 0.05) is 36.3 Å². The van der Waals surface area contributed by atoms with Gasteiger partial charge in [-0.2, -0.15) is 0 Å². The van der Waals surface area contributed by atoms with Gasteiger partial charge in [-0.3, -0.25) is 9.78 Å². The summed E-state index contributed by atoms with van der Waals surface area (Å²) >= 11 is 0. The number of nitrogens with one attached hydrogen (secondary N) is 2. The molecule has 0 aliphatic carbocycles. The number of hydrogen-bond acceptors (Lipinski definition) is 8. The van der Waals surface area contributed by atoms with Gasteiger partial charge in [0.1, 0.15) is 17.8 Å². The van der Waals surface area contributed by atoms with E-state index in [4.69, 9.17) is 4.74 Å². The second-order valence-corrected chi connectivity index (χ2v) is 7.34. The van der Waals surface area contributed by atoms with Crippen molar-refractivity contribution in [3.63, 3.8) is 0 Å². The van der Waals surface area contributed by atoms with Gasteiger partial charge in [0.2, 0.25) is 0 Å². The normalized spacial score (nSPS) is 11.6. The van der Waals surface area contributed by atoms with Gasteiger partial charge in [0.25, 0.3) is 5.91 Å². The van der Waals surface area contributed by atoms with Crippen LogP contribution in [0, 0.1) is 0 Å². The molecule has 0 spiro atoms. The molecule has 0 saturated heterocycles. The first kappa shape index (κ1) is 21.9. The van der Waals surface area contributed by atoms with Crippen molar-refractivity contribution in [3.8, 4) is 17.3 Å². The predicted octanol–water partition coefficient (Wildman–Crippen LogP) is 2.78. The van der Waals surface area contributed by atoms with E-state index in [2.05, 4.69) is 35.8 Å². The highest BCUT2D eigenvalue weighted by molar-refractivity contribution is 5.95. The third kappa shape index (κ3) is 4.95. The van der Waals surface area contributed by atoms with Gasteiger partial charge >= 0.3 is 0 Å². The van der Waals surface area contributed by atoms with Gasteiger partial charge < -0.3 is 19.9 Å². The summed E-state index contributed by atoms with van der Waals surface area (Å²) in [6.45, 7) is 2.34. The highest BCUT2D eigenvalue weighted by Gasteiger charge is 2.16. The van der Waals surface area contributed by atoms with E-state index in [0.717, 1.165) is 17.1 Å². The Labute approximate surface area is 191 Å². The minimum atomic E-state index is -0.245. The molecule has 0 unspecified atom stereocenters. The van der Waals surface area contributed by atoms with Crippen molar-refractivity contribution in [1.82, 2.24) is 35.0 Å². The molecule has 3 aromatic heterocycles. The first-order valence-electron chi connectivity index (χ1n) is 10.3. The minimum Gasteiger partial charge on any atom is -0.495 e. The average molecular weight is 444 g/mol. The monoisotopic (exact) mass is 444 g/mol. The molecule has 0 fully saturated rings. The fourth-order valence-corrected chi connectivity index (χ4v) is 3.39. The number of carbonyl (C=O) groups excluding carboxylic acids is 1. The van der Waals surface area contributed by atoms with E-state index in [9.17, 15) is 4.79 Å². The fourth-order valence-electron chi connectivity index (χ4n) is 3.39. The maximum atomic E-state index is 12.8. The topological polar surface area (TPSA) is 120 Å². The van der Waals surface area contributed by atoms with E-state index < -0.39 is 0 Å². The summed E-state index contributed by atoms with van der Waals surface area (Å²) in [6, 6.07) is 10.7. The molecule has 1 amide bonds. The fraction of sp³-hybridized carbons (Fsp3) is 0.217. The van der Waals surface area contributed by atoms with E-state index in [-0.39, 0.29) is 11.9 Å². The smallest absolute Gasteiger partial charge is 0.251 e. The molecule has 3 heterocycles. The Balaban J connectivity index is 1.42. The van der Waals surface area contributed by atoms with Crippen LogP contribution in [0.1, 0.15) is 34.7 Å². The van der Waals surface area contributed by atoms with E-state index in [1.807, 2.05) is 36.7 Å². The maximum absolute atomic E-state index is 12.8. The number of anilines is 1. The van der Waals surface area contributed by atoms with Crippen LogP contribution in [0.3, 0.4) is 0 Å². The molecule has 0 aliphatic heterocycles. The largest absolute Gasteiger partial charge is 0.495 e. The second-order valence-electron chi connectivity index (χ2n) is 7.34. The van der Waals surface area contributed by atoms with Crippen LogP contribution in [0.25, 0.3) is 11.5 Å². The van der Waals surface area contributed by atoms with Gasteiger partial charge in [-0.05, 0) is 37.3 Å². The van der Waals surface area contributed by atoms with Crippen molar-refractivity contribution in [2.45, 2.75) is 19.5 Å². The lowest BCUT2D eigenvalue weighted by molar-refractivity contribution is 0.0939. The molecule has 168 valence electrons. The summed E-state index contributed by atoms with van der Waals surface area (Å²) in [6.07, 6.45) is 6.44. The number of rotatable bonds is 8. The summed E-state index contributed by atoms with van der Waals surface area (Å²) in [7, 11) is 3.46. The number of carbonyl (C=O) groups is 1. The van der Waals surface area contributed by atoms with Crippen LogP contribution in [-0.4, -0.2) is 42.7 Å². The molecule has 4 aromatic rings. The zero-order valence-corrected chi connectivity index (χ0v) is 18.6. The predicted molar refractivity (Wildman–Crippen MR) is 122 cm³/mol. The standard InChI is InChI=1S/C23H24N8O2/c1-15(18-7-9-24-12-20(18)33-3)28-23(32)16-5-4-6-17(11-16)26-13-21-29-30-22(31(21)2)19-8-10-25-14-27-19/h4-12,14-15,26H,13H2,1-3H3,(H,28,32)/t15-/m0/s1. The van der Waals surface area contributed by atoms with Gasteiger partial charge in [-0.1, -0.05) is 6.07 Å². The third-order valence-corrected chi connectivity index (χ3v) is 5.20. The summed E-state index contributed by atoms with van der Waals surface area (Å²) in [5.74, 6) is 1.83. The molecular formula is C23H24N8O2. The summed E-state index contributed by atoms with van der Waals surface area (Å²) in [4.78, 5) is 25.0. The first-order chi connectivity index (χ1) is 16.1.